The Balaban J connectivity index is 1.49. The highest BCUT2D eigenvalue weighted by molar-refractivity contribution is 7.15. The number of aryl methyl sites for hydroxylation is 1. The van der Waals surface area contributed by atoms with Crippen LogP contribution in [0.4, 0.5) is 5.69 Å². The van der Waals surface area contributed by atoms with Gasteiger partial charge in [0, 0.05) is 23.5 Å². The molecule has 6 rings (SSSR count). The summed E-state index contributed by atoms with van der Waals surface area (Å²) >= 11 is 1.19. The van der Waals surface area contributed by atoms with E-state index in [4.69, 9.17) is 0 Å². The highest BCUT2D eigenvalue weighted by atomic mass is 32.1. The van der Waals surface area contributed by atoms with E-state index in [9.17, 15) is 9.59 Å². The van der Waals surface area contributed by atoms with Crippen LogP contribution in [0.3, 0.4) is 0 Å². The molecule has 0 bridgehead atoms. The van der Waals surface area contributed by atoms with Crippen LogP contribution in [0, 0.1) is 6.92 Å². The Morgan fingerprint density at radius 3 is 2.55 bits per heavy atom. The Kier molecular flexibility index (Phi) is 4.41. The van der Waals surface area contributed by atoms with E-state index in [0.717, 1.165) is 27.9 Å². The van der Waals surface area contributed by atoms with E-state index in [1.807, 2.05) is 61.5 Å². The fraction of sp³-hybridized carbons (Fsp3) is 0.0800. The third-order valence-corrected chi connectivity index (χ3v) is 6.72. The highest BCUT2D eigenvalue weighted by Gasteiger charge is 2.34. The van der Waals surface area contributed by atoms with Gasteiger partial charge in [0.25, 0.3) is 11.5 Å². The van der Waals surface area contributed by atoms with Crippen LogP contribution < -0.4 is 15.0 Å². The van der Waals surface area contributed by atoms with Gasteiger partial charge >= 0.3 is 0 Å². The van der Waals surface area contributed by atoms with Crippen molar-refractivity contribution in [2.75, 3.05) is 4.90 Å². The van der Waals surface area contributed by atoms with E-state index in [0.29, 0.717) is 27.4 Å². The van der Waals surface area contributed by atoms with E-state index < -0.39 is 0 Å². The number of aromatic nitrogens is 4. The molecule has 0 unspecified atom stereocenters. The molecule has 2 aromatic carbocycles. The lowest BCUT2D eigenvalue weighted by atomic mass is 10.1. The van der Waals surface area contributed by atoms with Gasteiger partial charge in [-0.3, -0.25) is 14.6 Å². The molecule has 160 valence electrons. The molecule has 3 aromatic heterocycles. The Morgan fingerprint density at radius 2 is 1.79 bits per heavy atom. The van der Waals surface area contributed by atoms with Crippen LogP contribution >= 0.6 is 11.3 Å². The van der Waals surface area contributed by atoms with E-state index >= 15 is 0 Å². The molecule has 1 aliphatic rings. The molecule has 1 aliphatic heterocycles. The number of rotatable bonds is 3. The van der Waals surface area contributed by atoms with Gasteiger partial charge < -0.3 is 4.90 Å². The summed E-state index contributed by atoms with van der Waals surface area (Å²) in [5.41, 5.74) is 4.53. The maximum Gasteiger partial charge on any atom is 0.291 e. The molecule has 4 heterocycles. The van der Waals surface area contributed by atoms with Gasteiger partial charge in [-0.1, -0.05) is 59.4 Å². The van der Waals surface area contributed by atoms with Crippen molar-refractivity contribution in [1.29, 1.82) is 0 Å². The minimum absolute atomic E-state index is 0.189. The predicted molar refractivity (Wildman–Crippen MR) is 127 cm³/mol. The van der Waals surface area contributed by atoms with Crippen LogP contribution in [0.25, 0.3) is 21.9 Å². The molecule has 0 atom stereocenters. The first-order valence-electron chi connectivity index (χ1n) is 10.4. The van der Waals surface area contributed by atoms with Crippen molar-refractivity contribution in [2.45, 2.75) is 13.5 Å². The normalized spacial score (nSPS) is 14.8. The number of nitrogens with zero attached hydrogens (tertiary/aromatic N) is 5. The Hall–Kier alpha value is -4.17. The van der Waals surface area contributed by atoms with Crippen LogP contribution in [-0.2, 0) is 11.3 Å². The number of carbonyl (C=O) groups is 1. The molecule has 0 radical (unpaired) electrons. The van der Waals surface area contributed by atoms with Gasteiger partial charge in [0.15, 0.2) is 5.82 Å². The molecule has 0 N–H and O–H groups in total. The number of thiazole rings is 1. The van der Waals surface area contributed by atoms with E-state index in [-0.39, 0.29) is 11.5 Å². The zero-order valence-electron chi connectivity index (χ0n) is 17.6. The van der Waals surface area contributed by atoms with Gasteiger partial charge in [-0.25, -0.2) is 0 Å². The van der Waals surface area contributed by atoms with Crippen LogP contribution in [0.15, 0.2) is 77.9 Å². The van der Waals surface area contributed by atoms with Gasteiger partial charge in [0.1, 0.15) is 4.53 Å². The number of hydrogen-bond acceptors (Lipinski definition) is 6. The molecule has 8 heteroatoms. The van der Waals surface area contributed by atoms with Gasteiger partial charge in [-0.2, -0.15) is 9.50 Å². The molecule has 1 amide bonds. The summed E-state index contributed by atoms with van der Waals surface area (Å²) in [4.78, 5) is 37.6. The second kappa shape index (κ2) is 7.46. The molecule has 33 heavy (non-hydrogen) atoms. The quantitative estimate of drug-likeness (QED) is 0.421. The summed E-state index contributed by atoms with van der Waals surface area (Å²) in [5, 5.41) is 4.38. The van der Waals surface area contributed by atoms with Crippen molar-refractivity contribution >= 4 is 33.5 Å². The number of hydrogen-bond donors (Lipinski definition) is 0. The third kappa shape index (κ3) is 3.15. The Labute approximate surface area is 192 Å². The summed E-state index contributed by atoms with van der Waals surface area (Å²) < 4.78 is 1.63. The molecule has 0 saturated carbocycles. The maximum absolute atomic E-state index is 13.6. The Morgan fingerprint density at radius 1 is 0.970 bits per heavy atom. The molecule has 0 saturated heterocycles. The molecule has 0 fully saturated rings. The van der Waals surface area contributed by atoms with Crippen molar-refractivity contribution in [2.24, 2.45) is 0 Å². The molecule has 0 aliphatic carbocycles. The van der Waals surface area contributed by atoms with E-state index in [1.165, 1.54) is 15.9 Å². The number of anilines is 1. The summed E-state index contributed by atoms with van der Waals surface area (Å²) in [6.07, 6.45) is 3.32. The monoisotopic (exact) mass is 451 g/mol. The first kappa shape index (κ1) is 19.5. The number of fused-ring (bicyclic) bond motifs is 2. The minimum Gasteiger partial charge on any atom is -0.303 e. The van der Waals surface area contributed by atoms with Gasteiger partial charge in [0.2, 0.25) is 4.96 Å². The lowest BCUT2D eigenvalue weighted by Gasteiger charge is -2.17. The number of pyridine rings is 1. The average Bonchev–Trinajstić information content (AvgIpc) is 3.47. The number of carbonyl (C=O) groups excluding carboxylic acids is 1. The molecular weight excluding hydrogens is 434 g/mol. The fourth-order valence-electron chi connectivity index (χ4n) is 4.04. The second-order valence-electron chi connectivity index (χ2n) is 7.88. The highest BCUT2D eigenvalue weighted by Crippen LogP contribution is 2.36. The van der Waals surface area contributed by atoms with E-state index in [2.05, 4.69) is 15.1 Å². The smallest absolute Gasteiger partial charge is 0.291 e. The van der Waals surface area contributed by atoms with Crippen LogP contribution in [0.5, 0.6) is 0 Å². The maximum atomic E-state index is 13.6. The van der Waals surface area contributed by atoms with Crippen molar-refractivity contribution in [3.05, 3.63) is 105 Å². The van der Waals surface area contributed by atoms with Crippen LogP contribution in [-0.4, -0.2) is 25.5 Å². The molecular formula is C25H17N5O2S. The topological polar surface area (TPSA) is 80.5 Å². The minimum atomic E-state index is -0.340. The lowest BCUT2D eigenvalue weighted by molar-refractivity contribution is -0.113. The second-order valence-corrected chi connectivity index (χ2v) is 8.85. The van der Waals surface area contributed by atoms with Crippen LogP contribution in [0.1, 0.15) is 16.7 Å². The largest absolute Gasteiger partial charge is 0.303 e. The summed E-state index contributed by atoms with van der Waals surface area (Å²) in [6, 6.07) is 19.3. The standard InChI is InChI=1S/C25H17N5O2S/c1-15-8-10-16(11-9-15)14-29-19-7-3-2-6-18(19)20(23(29)31)21-24(32)30-25(33-21)27-22(28-30)17-5-4-12-26-13-17/h2-13H,14H2,1H3. The molecule has 0 spiro atoms. The Bertz CT molecular complexity index is 1640. The number of benzene rings is 2. The zero-order valence-corrected chi connectivity index (χ0v) is 18.4. The number of para-hydroxylation sites is 1. The van der Waals surface area contributed by atoms with Gasteiger partial charge in [0.05, 0.1) is 17.8 Å². The van der Waals surface area contributed by atoms with Gasteiger partial charge in [-0.05, 0) is 30.7 Å². The summed E-state index contributed by atoms with van der Waals surface area (Å²) in [6.45, 7) is 2.46. The fourth-order valence-corrected chi connectivity index (χ4v) is 5.03. The first-order valence-corrected chi connectivity index (χ1v) is 11.2. The number of amides is 1. The predicted octanol–water partition coefficient (Wildman–Crippen LogP) is 2.99. The third-order valence-electron chi connectivity index (χ3n) is 5.69. The van der Waals surface area contributed by atoms with E-state index in [1.54, 1.807) is 23.4 Å². The SMILES string of the molecule is Cc1ccc(CN2C(=O)C(=c3sc4nc(-c5cccnc5)nn4c3=O)c3ccccc32)cc1. The average molecular weight is 452 g/mol. The zero-order chi connectivity index (χ0) is 22.5. The van der Waals surface area contributed by atoms with Crippen molar-refractivity contribution in [3.8, 4) is 11.4 Å². The summed E-state index contributed by atoms with van der Waals surface area (Å²) in [7, 11) is 0. The van der Waals surface area contributed by atoms with Crippen molar-refractivity contribution in [1.82, 2.24) is 19.6 Å². The van der Waals surface area contributed by atoms with Crippen molar-refractivity contribution < 1.29 is 4.79 Å². The lowest BCUT2D eigenvalue weighted by Crippen LogP contribution is -2.32. The first-order chi connectivity index (χ1) is 16.1. The van der Waals surface area contributed by atoms with Gasteiger partial charge in [-0.15, -0.1) is 5.10 Å². The van der Waals surface area contributed by atoms with Crippen molar-refractivity contribution in [3.63, 3.8) is 0 Å². The molecule has 7 nitrogen and oxygen atoms in total. The van der Waals surface area contributed by atoms with Crippen LogP contribution in [0.2, 0.25) is 0 Å². The summed E-state index contributed by atoms with van der Waals surface area (Å²) in [5.74, 6) is 0.244. The molecule has 5 aromatic rings.